The van der Waals surface area contributed by atoms with Crippen molar-refractivity contribution in [1.29, 1.82) is 0 Å². The fraction of sp³-hybridized carbons (Fsp3) is 0.385. The van der Waals surface area contributed by atoms with Gasteiger partial charge in [-0.15, -0.1) is 0 Å². The SMILES string of the molecule is COc1cc(OC)c(NC(=O)C2OC(Oc3cc4c(cc3C)[Si](C)(C)C[Si]4(C)C)=CC2=O)c(OC)c1. The average Bonchev–Trinajstić information content (AvgIpc) is 3.26. The third-order valence-corrected chi connectivity index (χ3v) is 17.9. The third-order valence-electron chi connectivity index (χ3n) is 6.82. The number of hydrogen-bond acceptors (Lipinski definition) is 7. The Morgan fingerprint density at radius 1 is 0.917 bits per heavy atom. The van der Waals surface area contributed by atoms with E-state index in [1.54, 1.807) is 12.1 Å². The van der Waals surface area contributed by atoms with E-state index in [0.717, 1.165) is 5.56 Å². The van der Waals surface area contributed by atoms with Crippen LogP contribution in [-0.4, -0.2) is 55.3 Å². The quantitative estimate of drug-likeness (QED) is 0.437. The van der Waals surface area contributed by atoms with Gasteiger partial charge in [0.2, 0.25) is 11.9 Å². The van der Waals surface area contributed by atoms with E-state index in [4.69, 9.17) is 23.7 Å². The molecular weight excluding hydrogens is 494 g/mol. The minimum absolute atomic E-state index is 0.00540. The van der Waals surface area contributed by atoms with Crippen LogP contribution in [0.1, 0.15) is 5.56 Å². The Morgan fingerprint density at radius 3 is 2.06 bits per heavy atom. The highest BCUT2D eigenvalue weighted by Gasteiger charge is 2.45. The van der Waals surface area contributed by atoms with Crippen LogP contribution >= 0.6 is 0 Å². The number of fused-ring (bicyclic) bond motifs is 1. The van der Waals surface area contributed by atoms with Crippen LogP contribution in [0.25, 0.3) is 0 Å². The summed E-state index contributed by atoms with van der Waals surface area (Å²) in [6.07, 6.45) is -0.163. The third kappa shape index (κ3) is 4.62. The molecule has 0 saturated heterocycles. The lowest BCUT2D eigenvalue weighted by Crippen LogP contribution is -2.44. The summed E-state index contributed by atoms with van der Waals surface area (Å²) in [7, 11) is 1.40. The average molecular weight is 528 g/mol. The van der Waals surface area contributed by atoms with Gasteiger partial charge in [-0.1, -0.05) is 48.3 Å². The van der Waals surface area contributed by atoms with Gasteiger partial charge in [-0.2, -0.15) is 0 Å². The first-order valence-corrected chi connectivity index (χ1v) is 18.2. The van der Waals surface area contributed by atoms with Gasteiger partial charge in [0.25, 0.3) is 11.9 Å². The maximum atomic E-state index is 13.0. The predicted molar refractivity (Wildman–Crippen MR) is 144 cm³/mol. The molecule has 192 valence electrons. The van der Waals surface area contributed by atoms with E-state index in [1.807, 2.05) is 6.92 Å². The Labute approximate surface area is 213 Å². The summed E-state index contributed by atoms with van der Waals surface area (Å²) < 4.78 is 27.7. The molecule has 1 atom stereocenters. The molecule has 2 aliphatic rings. The van der Waals surface area contributed by atoms with Gasteiger partial charge < -0.3 is 29.0 Å². The molecule has 2 aliphatic heterocycles. The lowest BCUT2D eigenvalue weighted by Gasteiger charge is -2.19. The van der Waals surface area contributed by atoms with Crippen LogP contribution in [-0.2, 0) is 14.3 Å². The molecule has 0 aromatic heterocycles. The second kappa shape index (κ2) is 9.32. The largest absolute Gasteiger partial charge is 0.496 e. The molecule has 1 unspecified atom stereocenters. The van der Waals surface area contributed by atoms with Crippen molar-refractivity contribution in [3.05, 3.63) is 41.9 Å². The molecule has 0 spiro atoms. The number of amides is 1. The van der Waals surface area contributed by atoms with Crippen LogP contribution in [0.15, 0.2) is 36.3 Å². The summed E-state index contributed by atoms with van der Waals surface area (Å²) in [6, 6.07) is 7.57. The monoisotopic (exact) mass is 527 g/mol. The lowest BCUT2D eigenvalue weighted by atomic mass is 10.2. The molecule has 4 rings (SSSR count). The highest BCUT2D eigenvalue weighted by atomic mass is 28.4. The molecule has 1 N–H and O–H groups in total. The van der Waals surface area contributed by atoms with Crippen molar-refractivity contribution in [2.24, 2.45) is 0 Å². The summed E-state index contributed by atoms with van der Waals surface area (Å²) in [4.78, 5) is 25.7. The second-order valence-corrected chi connectivity index (χ2v) is 20.5. The Kier molecular flexibility index (Phi) is 6.69. The number of hydrogen-bond donors (Lipinski definition) is 1. The minimum atomic E-state index is -1.56. The molecule has 8 nitrogen and oxygen atoms in total. The fourth-order valence-electron chi connectivity index (χ4n) is 5.28. The van der Waals surface area contributed by atoms with Crippen LogP contribution < -0.4 is 34.6 Å². The molecule has 2 aromatic carbocycles. The Balaban J connectivity index is 1.53. The zero-order valence-electron chi connectivity index (χ0n) is 22.0. The van der Waals surface area contributed by atoms with Gasteiger partial charge in [-0.25, -0.2) is 0 Å². The molecule has 2 aromatic rings. The van der Waals surface area contributed by atoms with E-state index in [2.05, 4.69) is 43.6 Å². The molecule has 1 amide bonds. The number of carbonyl (C=O) groups is 2. The summed E-state index contributed by atoms with van der Waals surface area (Å²) in [6.45, 7) is 11.6. The number of anilines is 1. The number of nitrogens with one attached hydrogen (secondary N) is 1. The van der Waals surface area contributed by atoms with Crippen molar-refractivity contribution in [1.82, 2.24) is 0 Å². The van der Waals surface area contributed by atoms with Gasteiger partial charge in [0.05, 0.1) is 43.6 Å². The zero-order valence-corrected chi connectivity index (χ0v) is 24.0. The van der Waals surface area contributed by atoms with Crippen LogP contribution in [0.5, 0.6) is 23.0 Å². The maximum Gasteiger partial charge on any atom is 0.289 e. The first kappa shape index (κ1) is 25.8. The molecular formula is C26H33NO7Si2. The standard InChI is InChI=1S/C26H33NO7Si2/c1-15-9-21-22(36(7,8)14-35(21,5)6)13-18(15)33-23-12-17(28)25(34-23)26(29)27-24-19(31-3)10-16(30-2)11-20(24)32-4/h9-13,25H,14H2,1-8H3,(H,27,29). The molecule has 0 radical (unpaired) electrons. The number of ether oxygens (including phenoxy) is 5. The molecule has 36 heavy (non-hydrogen) atoms. The van der Waals surface area contributed by atoms with E-state index >= 15 is 0 Å². The highest BCUT2D eigenvalue weighted by Crippen LogP contribution is 2.39. The van der Waals surface area contributed by atoms with E-state index in [1.165, 1.54) is 43.4 Å². The van der Waals surface area contributed by atoms with Crippen molar-refractivity contribution < 1.29 is 33.3 Å². The van der Waals surface area contributed by atoms with Crippen molar-refractivity contribution in [2.45, 2.75) is 44.9 Å². The van der Waals surface area contributed by atoms with Crippen LogP contribution in [0, 0.1) is 6.92 Å². The topological polar surface area (TPSA) is 92.3 Å². The molecule has 0 aliphatic carbocycles. The number of rotatable bonds is 7. The number of benzene rings is 2. The van der Waals surface area contributed by atoms with Crippen LogP contribution in [0.3, 0.4) is 0 Å². The van der Waals surface area contributed by atoms with E-state index in [9.17, 15) is 9.59 Å². The molecule has 0 saturated carbocycles. The number of ketones is 1. The van der Waals surface area contributed by atoms with Crippen molar-refractivity contribution >= 4 is 43.9 Å². The highest BCUT2D eigenvalue weighted by molar-refractivity contribution is 7.14. The van der Waals surface area contributed by atoms with E-state index in [-0.39, 0.29) is 11.6 Å². The van der Waals surface area contributed by atoms with Gasteiger partial charge in [0.1, 0.15) is 28.7 Å². The molecule has 0 bridgehead atoms. The Bertz CT molecular complexity index is 1240. The first-order valence-electron chi connectivity index (χ1n) is 11.8. The van der Waals surface area contributed by atoms with Gasteiger partial charge in [0, 0.05) is 12.1 Å². The van der Waals surface area contributed by atoms with E-state index < -0.39 is 33.9 Å². The summed E-state index contributed by atoms with van der Waals surface area (Å²) in [5.74, 6) is 0.627. The zero-order chi connectivity index (χ0) is 26.4. The van der Waals surface area contributed by atoms with Crippen molar-refractivity contribution in [2.75, 3.05) is 26.6 Å². The Morgan fingerprint density at radius 2 is 1.50 bits per heavy atom. The number of aryl methyl sites for hydroxylation is 1. The van der Waals surface area contributed by atoms with Crippen molar-refractivity contribution in [3.63, 3.8) is 0 Å². The van der Waals surface area contributed by atoms with Gasteiger partial charge in [-0.3, -0.25) is 9.59 Å². The fourth-order valence-corrected chi connectivity index (χ4v) is 20.4. The normalized spacial score (nSPS) is 19.2. The first-order chi connectivity index (χ1) is 16.9. The van der Waals surface area contributed by atoms with Gasteiger partial charge >= 0.3 is 0 Å². The summed E-state index contributed by atoms with van der Waals surface area (Å²) in [5.41, 5.74) is 2.56. The molecule has 0 fully saturated rings. The molecule has 10 heteroatoms. The van der Waals surface area contributed by atoms with Gasteiger partial charge in [0.15, 0.2) is 0 Å². The summed E-state index contributed by atoms with van der Waals surface area (Å²) in [5, 5.41) is 5.60. The Hall–Kier alpha value is -3.25. The van der Waals surface area contributed by atoms with Gasteiger partial charge in [-0.05, 0) is 18.6 Å². The molecule has 2 heterocycles. The maximum absolute atomic E-state index is 13.0. The smallest absolute Gasteiger partial charge is 0.289 e. The summed E-state index contributed by atoms with van der Waals surface area (Å²) >= 11 is 0. The lowest BCUT2D eigenvalue weighted by molar-refractivity contribution is -0.134. The minimum Gasteiger partial charge on any atom is -0.496 e. The second-order valence-electron chi connectivity index (χ2n) is 10.5. The number of methoxy groups -OCH3 is 3. The van der Waals surface area contributed by atoms with Crippen molar-refractivity contribution in [3.8, 4) is 23.0 Å². The predicted octanol–water partition coefficient (Wildman–Crippen LogP) is 3.23. The van der Waals surface area contributed by atoms with Crippen LogP contribution in [0.2, 0.25) is 31.9 Å². The van der Waals surface area contributed by atoms with E-state index in [0.29, 0.717) is 23.0 Å². The number of carbonyl (C=O) groups excluding carboxylic acids is 2. The van der Waals surface area contributed by atoms with Crippen LogP contribution in [0.4, 0.5) is 5.69 Å².